The molecule has 5 heteroatoms. The van der Waals surface area contributed by atoms with Crippen LogP contribution in [0.1, 0.15) is 6.92 Å². The molecule has 2 nitrogen and oxygen atoms in total. The fourth-order valence-corrected chi connectivity index (χ4v) is 0. The van der Waals surface area contributed by atoms with Gasteiger partial charge in [0, 0.05) is 5.57 Å². The summed E-state index contributed by atoms with van der Waals surface area (Å²) in [4.78, 5) is 9.60. The standard InChI is InChI=1S/C4H6O2.2ClH.Pb/c1-3(2)4(5)6;;;/h1H2,2H3,(H,5,6);2*1H;/q;;;+2/p-2. The summed E-state index contributed by atoms with van der Waals surface area (Å²) in [6, 6.07) is 0. The summed E-state index contributed by atoms with van der Waals surface area (Å²) in [6.07, 6.45) is 0. The monoisotopic (exact) mass is 364 g/mol. The second-order valence-electron chi connectivity index (χ2n) is 1.09. The normalized spacial score (nSPS) is 5.00. The Hall–Kier alpha value is 0.712. The molecule has 0 saturated heterocycles. The van der Waals surface area contributed by atoms with Crippen molar-refractivity contribution in [3.05, 3.63) is 12.2 Å². The van der Waals surface area contributed by atoms with Crippen molar-refractivity contribution in [1.82, 2.24) is 0 Å². The van der Waals surface area contributed by atoms with Gasteiger partial charge < -0.3 is 29.9 Å². The SMILES string of the molecule is C=C(C)C(=O)O.[Cl-].[Cl-].[Pb+2]. The molecule has 52 valence electrons. The Morgan fingerprint density at radius 2 is 1.56 bits per heavy atom. The molecule has 0 atom stereocenters. The van der Waals surface area contributed by atoms with Crippen LogP contribution in [0.4, 0.5) is 0 Å². The third-order valence-electron chi connectivity index (χ3n) is 0.365. The van der Waals surface area contributed by atoms with Gasteiger partial charge >= 0.3 is 33.3 Å². The molecule has 0 aromatic carbocycles. The van der Waals surface area contributed by atoms with Crippen LogP contribution in [0.5, 0.6) is 0 Å². The quantitative estimate of drug-likeness (QED) is 0.372. The van der Waals surface area contributed by atoms with E-state index in [4.69, 9.17) is 5.11 Å². The van der Waals surface area contributed by atoms with Crippen LogP contribution in [0.2, 0.25) is 0 Å². The predicted octanol–water partition coefficient (Wildman–Crippen LogP) is -5.73. The minimum absolute atomic E-state index is 0. The summed E-state index contributed by atoms with van der Waals surface area (Å²) in [7, 11) is 0. The van der Waals surface area contributed by atoms with Crippen molar-refractivity contribution >= 4 is 33.3 Å². The van der Waals surface area contributed by atoms with E-state index in [0.717, 1.165) is 0 Å². The van der Waals surface area contributed by atoms with E-state index in [9.17, 15) is 4.79 Å². The van der Waals surface area contributed by atoms with Crippen molar-refractivity contribution in [2.24, 2.45) is 0 Å². The second-order valence-corrected chi connectivity index (χ2v) is 1.09. The molecule has 0 heterocycles. The number of hydrogen-bond acceptors (Lipinski definition) is 1. The average Bonchev–Trinajstić information content (AvgIpc) is 1.36. The van der Waals surface area contributed by atoms with E-state index >= 15 is 0 Å². The zero-order valence-electron chi connectivity index (χ0n) is 4.82. The minimum atomic E-state index is -0.935. The minimum Gasteiger partial charge on any atom is -1.00 e. The molecule has 0 aromatic heterocycles. The molecule has 0 aliphatic rings. The number of halogens is 2. The van der Waals surface area contributed by atoms with Crippen LogP contribution in [-0.2, 0) is 4.79 Å². The van der Waals surface area contributed by atoms with Crippen molar-refractivity contribution < 1.29 is 34.7 Å². The predicted molar refractivity (Wildman–Crippen MR) is 28.2 cm³/mol. The van der Waals surface area contributed by atoms with Gasteiger partial charge in [-0.1, -0.05) is 6.58 Å². The molecule has 2 radical (unpaired) electrons. The summed E-state index contributed by atoms with van der Waals surface area (Å²) in [6.45, 7) is 4.60. The molecule has 0 bridgehead atoms. The van der Waals surface area contributed by atoms with Crippen LogP contribution < -0.4 is 24.8 Å². The topological polar surface area (TPSA) is 37.3 Å². The molecule has 0 fully saturated rings. The van der Waals surface area contributed by atoms with Gasteiger partial charge in [0.25, 0.3) is 0 Å². The Bertz CT molecular complexity index is 82.6. The molecule has 1 N–H and O–H groups in total. The smallest absolute Gasteiger partial charge is 1.00 e. The van der Waals surface area contributed by atoms with Crippen molar-refractivity contribution in [2.75, 3.05) is 0 Å². The van der Waals surface area contributed by atoms with Gasteiger partial charge in [0.05, 0.1) is 0 Å². The number of carboxylic acid groups (broad SMARTS) is 1. The molecule has 0 unspecified atom stereocenters. The van der Waals surface area contributed by atoms with Crippen molar-refractivity contribution in [3.63, 3.8) is 0 Å². The first-order valence-corrected chi connectivity index (χ1v) is 1.53. The molecule has 0 aliphatic heterocycles. The van der Waals surface area contributed by atoms with Crippen LogP contribution in [0, 0.1) is 0 Å². The van der Waals surface area contributed by atoms with Crippen LogP contribution >= 0.6 is 0 Å². The third kappa shape index (κ3) is 17.7. The Balaban J connectivity index is -0.0000000417. The van der Waals surface area contributed by atoms with Crippen LogP contribution in [0.15, 0.2) is 12.2 Å². The molecule has 0 spiro atoms. The van der Waals surface area contributed by atoms with Gasteiger partial charge in [-0.05, 0) is 6.92 Å². The maximum atomic E-state index is 9.60. The molecule has 0 aliphatic carbocycles. The van der Waals surface area contributed by atoms with Gasteiger partial charge in [0.2, 0.25) is 0 Å². The average molecular weight is 364 g/mol. The first-order chi connectivity index (χ1) is 2.64. The molecular weight excluding hydrogens is 358 g/mol. The van der Waals surface area contributed by atoms with Crippen molar-refractivity contribution in [2.45, 2.75) is 6.92 Å². The molecule has 0 saturated carbocycles. The molecule has 9 heavy (non-hydrogen) atoms. The Morgan fingerprint density at radius 3 is 1.56 bits per heavy atom. The van der Waals surface area contributed by atoms with Crippen LogP contribution in [-0.4, -0.2) is 38.4 Å². The van der Waals surface area contributed by atoms with E-state index < -0.39 is 5.97 Å². The zero-order valence-corrected chi connectivity index (χ0v) is 10.2. The summed E-state index contributed by atoms with van der Waals surface area (Å²) in [5.74, 6) is -0.935. The van der Waals surface area contributed by atoms with Gasteiger partial charge in [0.1, 0.15) is 0 Å². The molecule has 0 rings (SSSR count). The number of carbonyl (C=O) groups is 1. The van der Waals surface area contributed by atoms with Gasteiger partial charge in [-0.3, -0.25) is 0 Å². The first-order valence-electron chi connectivity index (χ1n) is 1.53. The molecule has 0 amide bonds. The number of hydrogen-bond donors (Lipinski definition) is 1. The Morgan fingerprint density at radius 1 is 1.44 bits per heavy atom. The Kier molecular flexibility index (Phi) is 28.9. The van der Waals surface area contributed by atoms with Gasteiger partial charge in [0.15, 0.2) is 0 Å². The number of carboxylic acids is 1. The van der Waals surface area contributed by atoms with Crippen LogP contribution in [0.25, 0.3) is 0 Å². The summed E-state index contributed by atoms with van der Waals surface area (Å²) < 4.78 is 0. The third-order valence-corrected chi connectivity index (χ3v) is 0.365. The van der Waals surface area contributed by atoms with Crippen molar-refractivity contribution in [3.8, 4) is 0 Å². The van der Waals surface area contributed by atoms with E-state index in [1.807, 2.05) is 0 Å². The van der Waals surface area contributed by atoms with Crippen molar-refractivity contribution in [1.29, 1.82) is 0 Å². The van der Waals surface area contributed by atoms with E-state index in [1.54, 1.807) is 0 Å². The second kappa shape index (κ2) is 11.5. The summed E-state index contributed by atoms with van der Waals surface area (Å²) in [5.41, 5.74) is 0.176. The van der Waals surface area contributed by atoms with E-state index in [-0.39, 0.29) is 57.7 Å². The fraction of sp³-hybridized carbons (Fsp3) is 0.250. The van der Waals surface area contributed by atoms with Gasteiger partial charge in [-0.2, -0.15) is 0 Å². The van der Waals surface area contributed by atoms with E-state index in [1.165, 1.54) is 6.92 Å². The molecular formula is C4H6Cl2O2Pb. The summed E-state index contributed by atoms with van der Waals surface area (Å²) in [5, 5.41) is 7.89. The van der Waals surface area contributed by atoms with Gasteiger partial charge in [-0.15, -0.1) is 0 Å². The maximum absolute atomic E-state index is 9.60. The largest absolute Gasteiger partial charge is 2.00 e. The van der Waals surface area contributed by atoms with E-state index in [2.05, 4.69) is 6.58 Å². The maximum Gasteiger partial charge on any atom is 2.00 e. The molecule has 0 aromatic rings. The van der Waals surface area contributed by atoms with Gasteiger partial charge in [-0.25, -0.2) is 4.79 Å². The van der Waals surface area contributed by atoms with E-state index in [0.29, 0.717) is 0 Å². The summed E-state index contributed by atoms with van der Waals surface area (Å²) >= 11 is 0. The fourth-order valence-electron chi connectivity index (χ4n) is 0. The first kappa shape index (κ1) is 22.6. The van der Waals surface area contributed by atoms with Crippen LogP contribution in [0.3, 0.4) is 0 Å². The zero-order chi connectivity index (χ0) is 5.15. The Labute approximate surface area is 86.7 Å². The number of aliphatic carboxylic acids is 1. The number of rotatable bonds is 1.